The van der Waals surface area contributed by atoms with Gasteiger partial charge in [0, 0.05) is 27.5 Å². The van der Waals surface area contributed by atoms with E-state index in [4.69, 9.17) is 4.74 Å². The SMILES string of the molecule is Cc1[nH]c2ccccc2c1C(=O)[C@@H](C)OC(=O)CSc1ncnc2sccc12. The lowest BCUT2D eigenvalue weighted by atomic mass is 10.0. The number of carbonyl (C=O) groups excluding carboxylic acids is 2. The van der Waals surface area contributed by atoms with Crippen molar-refractivity contribution < 1.29 is 14.3 Å². The Bertz CT molecular complexity index is 1180. The van der Waals surface area contributed by atoms with Crippen molar-refractivity contribution >= 4 is 56.0 Å². The van der Waals surface area contributed by atoms with E-state index >= 15 is 0 Å². The summed E-state index contributed by atoms with van der Waals surface area (Å²) in [6.45, 7) is 3.45. The summed E-state index contributed by atoms with van der Waals surface area (Å²) in [6.07, 6.45) is 0.621. The van der Waals surface area contributed by atoms with Crippen molar-refractivity contribution in [3.63, 3.8) is 0 Å². The zero-order valence-corrected chi connectivity index (χ0v) is 16.9. The maximum atomic E-state index is 12.9. The van der Waals surface area contributed by atoms with E-state index in [1.165, 1.54) is 29.4 Å². The molecule has 0 aliphatic carbocycles. The Morgan fingerprint density at radius 2 is 2.04 bits per heavy atom. The van der Waals surface area contributed by atoms with Crippen LogP contribution in [0.5, 0.6) is 0 Å². The highest BCUT2D eigenvalue weighted by molar-refractivity contribution is 8.00. The van der Waals surface area contributed by atoms with Crippen LogP contribution < -0.4 is 0 Å². The van der Waals surface area contributed by atoms with Crippen LogP contribution in [0.3, 0.4) is 0 Å². The molecule has 0 aliphatic heterocycles. The van der Waals surface area contributed by atoms with Crippen molar-refractivity contribution in [3.05, 3.63) is 53.3 Å². The predicted octanol–water partition coefficient (Wildman–Crippen LogP) is 4.39. The Hall–Kier alpha value is -2.71. The quantitative estimate of drug-likeness (QED) is 0.219. The predicted molar refractivity (Wildman–Crippen MR) is 111 cm³/mol. The summed E-state index contributed by atoms with van der Waals surface area (Å²) in [5.74, 6) is -0.590. The molecule has 4 aromatic rings. The molecule has 1 aromatic carbocycles. The molecule has 1 N–H and O–H groups in total. The fraction of sp³-hybridized carbons (Fsp3) is 0.200. The monoisotopic (exact) mass is 411 g/mol. The molecule has 0 spiro atoms. The maximum Gasteiger partial charge on any atom is 0.317 e. The van der Waals surface area contributed by atoms with Gasteiger partial charge in [0.05, 0.1) is 5.75 Å². The fourth-order valence-electron chi connectivity index (χ4n) is 3.09. The molecule has 0 radical (unpaired) electrons. The second-order valence-electron chi connectivity index (χ2n) is 6.27. The fourth-order valence-corrected chi connectivity index (χ4v) is 4.65. The number of hydrogen-bond donors (Lipinski definition) is 1. The molecule has 3 heterocycles. The molecule has 0 bridgehead atoms. The molecule has 0 aliphatic rings. The minimum Gasteiger partial charge on any atom is -0.454 e. The molecule has 0 amide bonds. The molecule has 0 saturated carbocycles. The molecule has 8 heteroatoms. The summed E-state index contributed by atoms with van der Waals surface area (Å²) in [7, 11) is 0. The zero-order valence-electron chi connectivity index (χ0n) is 15.3. The number of hydrogen-bond acceptors (Lipinski definition) is 7. The van der Waals surface area contributed by atoms with Crippen LogP contribution in [0, 0.1) is 6.92 Å². The van der Waals surface area contributed by atoms with E-state index in [2.05, 4.69) is 15.0 Å². The van der Waals surface area contributed by atoms with Crippen LogP contribution in [0.25, 0.3) is 21.1 Å². The number of ketones is 1. The third kappa shape index (κ3) is 3.53. The lowest BCUT2D eigenvalue weighted by Gasteiger charge is -2.12. The van der Waals surface area contributed by atoms with Gasteiger partial charge in [-0.3, -0.25) is 9.59 Å². The number of thiophene rings is 1. The van der Waals surface area contributed by atoms with Crippen LogP contribution in [0.4, 0.5) is 0 Å². The molecular weight excluding hydrogens is 394 g/mol. The average molecular weight is 412 g/mol. The number of ether oxygens (including phenoxy) is 1. The Morgan fingerprint density at radius 1 is 1.21 bits per heavy atom. The van der Waals surface area contributed by atoms with Gasteiger partial charge in [0.15, 0.2) is 6.10 Å². The zero-order chi connectivity index (χ0) is 19.7. The van der Waals surface area contributed by atoms with Gasteiger partial charge in [-0.05, 0) is 31.4 Å². The summed E-state index contributed by atoms with van der Waals surface area (Å²) < 4.78 is 5.39. The van der Waals surface area contributed by atoms with E-state index in [1.807, 2.05) is 42.6 Å². The third-order valence-electron chi connectivity index (χ3n) is 4.37. The number of aromatic nitrogens is 3. The normalized spacial score (nSPS) is 12.4. The molecule has 1 atom stereocenters. The summed E-state index contributed by atoms with van der Waals surface area (Å²) in [5, 5.41) is 4.42. The van der Waals surface area contributed by atoms with Crippen molar-refractivity contribution in [2.75, 3.05) is 5.75 Å². The molecular formula is C20H17N3O3S2. The van der Waals surface area contributed by atoms with Gasteiger partial charge in [-0.15, -0.1) is 11.3 Å². The minimum atomic E-state index is -0.863. The van der Waals surface area contributed by atoms with E-state index in [0.717, 1.165) is 31.8 Å². The molecule has 3 aromatic heterocycles. The molecule has 0 fully saturated rings. The van der Waals surface area contributed by atoms with Crippen LogP contribution in [0.2, 0.25) is 0 Å². The number of aromatic amines is 1. The molecule has 4 rings (SSSR count). The second-order valence-corrected chi connectivity index (χ2v) is 8.13. The number of nitrogens with one attached hydrogen (secondary N) is 1. The van der Waals surface area contributed by atoms with Crippen molar-refractivity contribution in [2.24, 2.45) is 0 Å². The van der Waals surface area contributed by atoms with Crippen LogP contribution in [0.1, 0.15) is 23.0 Å². The Balaban J connectivity index is 1.43. The summed E-state index contributed by atoms with van der Waals surface area (Å²) >= 11 is 2.81. The van der Waals surface area contributed by atoms with Crippen LogP contribution in [-0.2, 0) is 9.53 Å². The minimum absolute atomic E-state index is 0.0758. The smallest absolute Gasteiger partial charge is 0.317 e. The second kappa shape index (κ2) is 7.73. The van der Waals surface area contributed by atoms with E-state index in [1.54, 1.807) is 6.92 Å². The van der Waals surface area contributed by atoms with Crippen molar-refractivity contribution in [1.82, 2.24) is 15.0 Å². The van der Waals surface area contributed by atoms with Gasteiger partial charge in [-0.25, -0.2) is 9.97 Å². The van der Waals surface area contributed by atoms with Crippen LogP contribution in [-0.4, -0.2) is 38.6 Å². The first-order valence-corrected chi connectivity index (χ1v) is 10.5. The highest BCUT2D eigenvalue weighted by atomic mass is 32.2. The van der Waals surface area contributed by atoms with E-state index in [-0.39, 0.29) is 11.5 Å². The number of nitrogens with zero attached hydrogens (tertiary/aromatic N) is 2. The van der Waals surface area contributed by atoms with E-state index in [9.17, 15) is 9.59 Å². The number of aryl methyl sites for hydroxylation is 1. The van der Waals surface area contributed by atoms with Gasteiger partial charge in [0.2, 0.25) is 5.78 Å². The highest BCUT2D eigenvalue weighted by Gasteiger charge is 2.24. The van der Waals surface area contributed by atoms with Crippen molar-refractivity contribution in [2.45, 2.75) is 25.0 Å². The third-order valence-corrected chi connectivity index (χ3v) is 6.17. The summed E-state index contributed by atoms with van der Waals surface area (Å²) in [5.41, 5.74) is 2.23. The Kier molecular flexibility index (Phi) is 5.15. The number of H-pyrrole nitrogens is 1. The van der Waals surface area contributed by atoms with Gasteiger partial charge in [0.25, 0.3) is 0 Å². The number of rotatable bonds is 6. The number of fused-ring (bicyclic) bond motifs is 2. The van der Waals surface area contributed by atoms with Gasteiger partial charge >= 0.3 is 5.97 Å². The number of Topliss-reactive ketones (excluding diaryl/α,β-unsaturated/α-hetero) is 1. The van der Waals surface area contributed by atoms with E-state index < -0.39 is 12.1 Å². The Morgan fingerprint density at radius 3 is 2.89 bits per heavy atom. The number of para-hydroxylation sites is 1. The molecule has 6 nitrogen and oxygen atoms in total. The first-order valence-electron chi connectivity index (χ1n) is 8.66. The van der Waals surface area contributed by atoms with Crippen molar-refractivity contribution in [1.29, 1.82) is 0 Å². The summed E-state index contributed by atoms with van der Waals surface area (Å²) in [4.78, 5) is 37.6. The van der Waals surface area contributed by atoms with Gasteiger partial charge < -0.3 is 9.72 Å². The number of esters is 1. The first-order chi connectivity index (χ1) is 13.5. The number of carbonyl (C=O) groups is 2. The van der Waals surface area contributed by atoms with Crippen LogP contribution in [0.15, 0.2) is 47.1 Å². The first kappa shape index (κ1) is 18.6. The van der Waals surface area contributed by atoms with Gasteiger partial charge in [0.1, 0.15) is 16.2 Å². The van der Waals surface area contributed by atoms with Gasteiger partial charge in [-0.2, -0.15) is 0 Å². The standard InChI is InChI=1S/C20H17N3O3S2/c1-11-17(13-5-3-4-6-15(13)23-11)18(25)12(2)26-16(24)9-28-20-14-7-8-27-19(14)21-10-22-20/h3-8,10,12,23H,9H2,1-2H3/t12-/m1/s1. The largest absolute Gasteiger partial charge is 0.454 e. The molecule has 142 valence electrons. The van der Waals surface area contributed by atoms with E-state index in [0.29, 0.717) is 5.56 Å². The molecule has 28 heavy (non-hydrogen) atoms. The summed E-state index contributed by atoms with van der Waals surface area (Å²) in [6, 6.07) is 9.52. The van der Waals surface area contributed by atoms with Crippen LogP contribution >= 0.6 is 23.1 Å². The lowest BCUT2D eigenvalue weighted by Crippen LogP contribution is -2.25. The number of thioether (sulfide) groups is 1. The topological polar surface area (TPSA) is 84.9 Å². The molecule has 0 saturated heterocycles. The van der Waals surface area contributed by atoms with Crippen molar-refractivity contribution in [3.8, 4) is 0 Å². The molecule has 0 unspecified atom stereocenters. The average Bonchev–Trinajstić information content (AvgIpc) is 3.29. The number of benzene rings is 1. The highest BCUT2D eigenvalue weighted by Crippen LogP contribution is 2.28. The van der Waals surface area contributed by atoms with Gasteiger partial charge in [-0.1, -0.05) is 30.0 Å². The Labute approximate surface area is 169 Å². The lowest BCUT2D eigenvalue weighted by molar-refractivity contribution is -0.143. The maximum absolute atomic E-state index is 12.9.